The Labute approximate surface area is 208 Å². The highest BCUT2D eigenvalue weighted by atomic mass is 35.5. The first kappa shape index (κ1) is 25.6. The van der Waals surface area contributed by atoms with Crippen LogP contribution in [0.3, 0.4) is 0 Å². The number of fused-ring (bicyclic) bond motifs is 1. The van der Waals surface area contributed by atoms with Crippen molar-refractivity contribution in [2.24, 2.45) is 0 Å². The van der Waals surface area contributed by atoms with Crippen molar-refractivity contribution in [3.05, 3.63) is 82.6 Å². The molecule has 1 unspecified atom stereocenters. The third-order valence-electron chi connectivity index (χ3n) is 5.30. The predicted molar refractivity (Wildman–Crippen MR) is 132 cm³/mol. The Balaban J connectivity index is 0.00000324. The van der Waals surface area contributed by atoms with E-state index in [9.17, 15) is 9.18 Å². The summed E-state index contributed by atoms with van der Waals surface area (Å²) in [5.41, 5.74) is 2.57. The molecule has 0 aromatic heterocycles. The van der Waals surface area contributed by atoms with Gasteiger partial charge in [0.2, 0.25) is 0 Å². The van der Waals surface area contributed by atoms with Gasteiger partial charge in [0.25, 0.3) is 5.91 Å². The molecule has 3 aromatic rings. The minimum atomic E-state index is -0.550. The largest absolute Gasteiger partial charge is 0.493 e. The highest BCUT2D eigenvalue weighted by Crippen LogP contribution is 2.32. The number of nitrogens with one attached hydrogen (secondary N) is 2. The van der Waals surface area contributed by atoms with Gasteiger partial charge in [0, 0.05) is 30.3 Å². The van der Waals surface area contributed by atoms with Crippen molar-refractivity contribution in [2.45, 2.75) is 19.0 Å². The molecular weight excluding hydrogens is 482 g/mol. The Morgan fingerprint density at radius 2 is 1.97 bits per heavy atom. The second kappa shape index (κ2) is 11.9. The zero-order valence-corrected chi connectivity index (χ0v) is 20.0. The van der Waals surface area contributed by atoms with Gasteiger partial charge in [-0.1, -0.05) is 35.9 Å². The molecule has 0 saturated carbocycles. The van der Waals surface area contributed by atoms with Crippen molar-refractivity contribution in [1.82, 2.24) is 5.32 Å². The predicted octanol–water partition coefficient (Wildman–Crippen LogP) is 5.54. The van der Waals surface area contributed by atoms with Crippen molar-refractivity contribution in [1.29, 1.82) is 0 Å². The second-order valence-electron chi connectivity index (χ2n) is 7.56. The van der Waals surface area contributed by atoms with Crippen molar-refractivity contribution in [3.8, 4) is 17.2 Å². The van der Waals surface area contributed by atoms with E-state index in [2.05, 4.69) is 16.7 Å². The Hall–Kier alpha value is -3.00. The molecule has 0 fully saturated rings. The van der Waals surface area contributed by atoms with Gasteiger partial charge in [-0.15, -0.1) is 12.4 Å². The molecule has 1 heterocycles. The number of carbonyl (C=O) groups excluding carboxylic acids is 1. The number of anilines is 1. The molecule has 34 heavy (non-hydrogen) atoms. The molecule has 9 heteroatoms. The Kier molecular flexibility index (Phi) is 8.98. The number of hydrogen-bond donors (Lipinski definition) is 2. The highest BCUT2D eigenvalue weighted by molar-refractivity contribution is 6.31. The van der Waals surface area contributed by atoms with Gasteiger partial charge in [-0.05, 0) is 42.0 Å². The van der Waals surface area contributed by atoms with Crippen molar-refractivity contribution < 1.29 is 23.4 Å². The van der Waals surface area contributed by atoms with E-state index < -0.39 is 11.7 Å². The molecule has 3 aromatic carbocycles. The summed E-state index contributed by atoms with van der Waals surface area (Å²) < 4.78 is 30.1. The third-order valence-corrected chi connectivity index (χ3v) is 5.59. The highest BCUT2D eigenvalue weighted by Gasteiger charge is 2.20. The molecule has 4 rings (SSSR count). The monoisotopic (exact) mass is 506 g/mol. The van der Waals surface area contributed by atoms with Crippen LogP contribution in [0.25, 0.3) is 0 Å². The summed E-state index contributed by atoms with van der Waals surface area (Å²) in [6.45, 7) is 1.08. The smallest absolute Gasteiger partial charge is 0.262 e. The summed E-state index contributed by atoms with van der Waals surface area (Å²) in [6, 6.07) is 17.8. The number of ether oxygens (including phenoxy) is 3. The van der Waals surface area contributed by atoms with Crippen LogP contribution in [0.4, 0.5) is 10.1 Å². The molecule has 0 aliphatic carbocycles. The zero-order valence-electron chi connectivity index (χ0n) is 18.5. The van der Waals surface area contributed by atoms with Crippen molar-refractivity contribution in [2.75, 3.05) is 25.6 Å². The molecule has 1 atom stereocenters. The van der Waals surface area contributed by atoms with Gasteiger partial charge in [0.05, 0.1) is 18.7 Å². The van der Waals surface area contributed by atoms with Crippen LogP contribution in [0, 0.1) is 5.82 Å². The minimum Gasteiger partial charge on any atom is -0.493 e. The molecule has 0 saturated heterocycles. The first-order valence-corrected chi connectivity index (χ1v) is 10.9. The molecule has 0 bridgehead atoms. The molecular formula is C25H25Cl2FN2O4. The fraction of sp³-hybridized carbons (Fsp3) is 0.240. The summed E-state index contributed by atoms with van der Waals surface area (Å²) >= 11 is 5.74. The number of halogens is 3. The van der Waals surface area contributed by atoms with Crippen molar-refractivity contribution >= 4 is 35.6 Å². The average Bonchev–Trinajstić information content (AvgIpc) is 2.84. The van der Waals surface area contributed by atoms with Gasteiger partial charge in [0.1, 0.15) is 11.6 Å². The molecule has 6 nitrogen and oxygen atoms in total. The Morgan fingerprint density at radius 1 is 1.15 bits per heavy atom. The SMILES string of the molecule is COc1cc(CNC2CCOc3ccccc32)ccc1OCC(=O)Nc1ccc(F)c(Cl)c1.Cl. The lowest BCUT2D eigenvalue weighted by Crippen LogP contribution is -2.26. The van der Waals surface area contributed by atoms with Gasteiger partial charge >= 0.3 is 0 Å². The van der Waals surface area contributed by atoms with Gasteiger partial charge < -0.3 is 24.8 Å². The number of hydrogen-bond acceptors (Lipinski definition) is 5. The van der Waals surface area contributed by atoms with E-state index in [1.165, 1.54) is 18.2 Å². The lowest BCUT2D eigenvalue weighted by molar-refractivity contribution is -0.118. The molecule has 1 amide bonds. The van der Waals surface area contributed by atoms with Crippen LogP contribution in [0.15, 0.2) is 60.7 Å². The Bertz CT molecular complexity index is 1150. The maximum absolute atomic E-state index is 13.3. The number of amides is 1. The maximum atomic E-state index is 13.3. The Morgan fingerprint density at radius 3 is 2.76 bits per heavy atom. The summed E-state index contributed by atoms with van der Waals surface area (Å²) in [5, 5.41) is 6.12. The van der Waals surface area contributed by atoms with E-state index in [-0.39, 0.29) is 30.1 Å². The lowest BCUT2D eigenvalue weighted by Gasteiger charge is -2.27. The van der Waals surface area contributed by atoms with Gasteiger partial charge in [-0.25, -0.2) is 4.39 Å². The number of benzene rings is 3. The van der Waals surface area contributed by atoms with Crippen LogP contribution in [-0.2, 0) is 11.3 Å². The normalized spacial score (nSPS) is 14.3. The minimum absolute atomic E-state index is 0. The standard InChI is InChI=1S/C25H24ClFN2O4.ClH/c1-31-24-12-16(14-28-21-10-11-32-22-5-3-2-4-18(21)22)6-9-23(24)33-15-25(30)29-17-7-8-20(27)19(26)13-17;/h2-9,12-13,21,28H,10-11,14-15H2,1H3,(H,29,30);1H. The molecule has 180 valence electrons. The van der Waals surface area contributed by atoms with Crippen LogP contribution < -0.4 is 24.8 Å². The van der Waals surface area contributed by atoms with Crippen LogP contribution >= 0.6 is 24.0 Å². The first-order chi connectivity index (χ1) is 16.0. The number of para-hydroxylation sites is 1. The molecule has 0 radical (unpaired) electrons. The number of carbonyl (C=O) groups is 1. The van der Waals surface area contributed by atoms with Gasteiger partial charge in [0.15, 0.2) is 18.1 Å². The van der Waals surface area contributed by atoms with Crippen LogP contribution in [0.1, 0.15) is 23.6 Å². The first-order valence-electron chi connectivity index (χ1n) is 10.5. The van der Waals surface area contributed by atoms with E-state index in [4.69, 9.17) is 25.8 Å². The van der Waals surface area contributed by atoms with Crippen LogP contribution in [-0.4, -0.2) is 26.2 Å². The van der Waals surface area contributed by atoms with Crippen molar-refractivity contribution in [3.63, 3.8) is 0 Å². The van der Waals surface area contributed by atoms with Gasteiger partial charge in [-0.3, -0.25) is 4.79 Å². The van der Waals surface area contributed by atoms with Crippen LogP contribution in [0.5, 0.6) is 17.2 Å². The molecule has 1 aliphatic heterocycles. The summed E-state index contributed by atoms with van der Waals surface area (Å²) in [4.78, 5) is 12.2. The number of rotatable bonds is 8. The van der Waals surface area contributed by atoms with E-state index in [0.717, 1.165) is 23.3 Å². The summed E-state index contributed by atoms with van der Waals surface area (Å²) in [6.07, 6.45) is 0.893. The molecule has 0 spiro atoms. The number of methoxy groups -OCH3 is 1. The van der Waals surface area contributed by atoms with Gasteiger partial charge in [-0.2, -0.15) is 0 Å². The third kappa shape index (κ3) is 6.32. The molecule has 1 aliphatic rings. The van der Waals surface area contributed by atoms with E-state index in [1.54, 1.807) is 13.2 Å². The second-order valence-corrected chi connectivity index (χ2v) is 7.97. The lowest BCUT2D eigenvalue weighted by atomic mass is 10.0. The molecule has 2 N–H and O–H groups in total. The van der Waals surface area contributed by atoms with E-state index >= 15 is 0 Å². The fourth-order valence-corrected chi connectivity index (χ4v) is 3.83. The zero-order chi connectivity index (χ0) is 23.2. The summed E-state index contributed by atoms with van der Waals surface area (Å²) in [5.74, 6) is 0.947. The van der Waals surface area contributed by atoms with E-state index in [1.807, 2.05) is 30.3 Å². The van der Waals surface area contributed by atoms with E-state index in [0.29, 0.717) is 30.3 Å². The summed E-state index contributed by atoms with van der Waals surface area (Å²) in [7, 11) is 1.55. The van der Waals surface area contributed by atoms with Crippen LogP contribution in [0.2, 0.25) is 5.02 Å². The topological polar surface area (TPSA) is 68.8 Å². The quantitative estimate of drug-likeness (QED) is 0.419. The fourth-order valence-electron chi connectivity index (χ4n) is 3.65. The maximum Gasteiger partial charge on any atom is 0.262 e. The average molecular weight is 507 g/mol.